The van der Waals surface area contributed by atoms with E-state index in [1.54, 1.807) is 0 Å². The molecule has 130 valence electrons. The number of hydrogen-bond donors (Lipinski definition) is 1. The molecule has 0 saturated heterocycles. The van der Waals surface area contributed by atoms with E-state index in [2.05, 4.69) is 78.8 Å². The maximum absolute atomic E-state index is 10.4. The SMILES string of the molecule is Cc1cc(-c2cc(C(C)C(C)C)ccc2O)cc(C(C)C(C)C)c1. The summed E-state index contributed by atoms with van der Waals surface area (Å²) in [6.45, 7) is 15.7. The molecule has 0 saturated carbocycles. The predicted octanol–water partition coefficient (Wildman–Crippen LogP) is 6.89. The Labute approximate surface area is 147 Å². The molecular weight excluding hydrogens is 292 g/mol. The number of phenolic OH excluding ortho intramolecular Hbond substituents is 1. The summed E-state index contributed by atoms with van der Waals surface area (Å²) in [6.07, 6.45) is 0. The van der Waals surface area contributed by atoms with Gasteiger partial charge in [0.25, 0.3) is 0 Å². The van der Waals surface area contributed by atoms with Crippen molar-refractivity contribution in [3.8, 4) is 16.9 Å². The van der Waals surface area contributed by atoms with E-state index >= 15 is 0 Å². The van der Waals surface area contributed by atoms with Crippen LogP contribution in [0.3, 0.4) is 0 Å². The molecule has 0 bridgehead atoms. The van der Waals surface area contributed by atoms with E-state index < -0.39 is 0 Å². The van der Waals surface area contributed by atoms with Gasteiger partial charge in [0.05, 0.1) is 0 Å². The lowest BCUT2D eigenvalue weighted by Gasteiger charge is -2.20. The summed E-state index contributed by atoms with van der Waals surface area (Å²) < 4.78 is 0. The van der Waals surface area contributed by atoms with Crippen molar-refractivity contribution >= 4 is 0 Å². The highest BCUT2D eigenvalue weighted by Crippen LogP contribution is 2.36. The lowest BCUT2D eigenvalue weighted by Crippen LogP contribution is -2.03. The molecule has 1 nitrogen and oxygen atoms in total. The molecule has 0 aromatic heterocycles. The van der Waals surface area contributed by atoms with Crippen LogP contribution in [0.5, 0.6) is 5.75 Å². The second-order valence-electron chi connectivity index (χ2n) is 7.97. The van der Waals surface area contributed by atoms with Gasteiger partial charge in [-0.25, -0.2) is 0 Å². The van der Waals surface area contributed by atoms with E-state index in [0.29, 0.717) is 29.4 Å². The van der Waals surface area contributed by atoms with Gasteiger partial charge in [-0.05, 0) is 59.4 Å². The topological polar surface area (TPSA) is 20.2 Å². The minimum atomic E-state index is 0.364. The number of aryl methyl sites for hydroxylation is 1. The van der Waals surface area contributed by atoms with Crippen LogP contribution in [0.25, 0.3) is 11.1 Å². The van der Waals surface area contributed by atoms with E-state index in [4.69, 9.17) is 0 Å². The number of phenols is 1. The van der Waals surface area contributed by atoms with Crippen LogP contribution in [0.15, 0.2) is 36.4 Å². The Bertz CT molecular complexity index is 697. The number of aromatic hydroxyl groups is 1. The maximum atomic E-state index is 10.4. The summed E-state index contributed by atoms with van der Waals surface area (Å²) in [4.78, 5) is 0. The Morgan fingerprint density at radius 3 is 1.88 bits per heavy atom. The lowest BCUT2D eigenvalue weighted by molar-refractivity contribution is 0.475. The lowest BCUT2D eigenvalue weighted by atomic mass is 9.85. The van der Waals surface area contributed by atoms with Crippen LogP contribution in [0.2, 0.25) is 0 Å². The van der Waals surface area contributed by atoms with Crippen molar-refractivity contribution in [2.45, 2.75) is 60.3 Å². The van der Waals surface area contributed by atoms with Gasteiger partial charge in [-0.15, -0.1) is 0 Å². The molecule has 0 amide bonds. The maximum Gasteiger partial charge on any atom is 0.123 e. The quantitative estimate of drug-likeness (QED) is 0.635. The number of benzene rings is 2. The van der Waals surface area contributed by atoms with Crippen LogP contribution >= 0.6 is 0 Å². The molecular formula is C23H32O. The van der Waals surface area contributed by atoms with Crippen LogP contribution < -0.4 is 0 Å². The standard InChI is InChI=1S/C23H32O/c1-14(2)17(6)19-8-9-23(24)22(13-19)21-11-16(5)10-20(12-21)18(7)15(3)4/h8-15,17-18,24H,1-7H3. The Balaban J connectivity index is 2.53. The zero-order valence-electron chi connectivity index (χ0n) is 16.2. The second-order valence-corrected chi connectivity index (χ2v) is 7.97. The van der Waals surface area contributed by atoms with Gasteiger partial charge in [0.15, 0.2) is 0 Å². The molecule has 0 spiro atoms. The molecule has 2 atom stereocenters. The zero-order chi connectivity index (χ0) is 18.0. The summed E-state index contributed by atoms with van der Waals surface area (Å²) >= 11 is 0. The third-order valence-corrected chi connectivity index (χ3v) is 5.48. The fourth-order valence-corrected chi connectivity index (χ4v) is 3.07. The summed E-state index contributed by atoms with van der Waals surface area (Å²) in [5, 5.41) is 10.4. The minimum absolute atomic E-state index is 0.364. The molecule has 1 heteroatoms. The molecule has 24 heavy (non-hydrogen) atoms. The van der Waals surface area contributed by atoms with Crippen molar-refractivity contribution in [2.75, 3.05) is 0 Å². The van der Waals surface area contributed by atoms with Crippen LogP contribution in [0.4, 0.5) is 0 Å². The largest absolute Gasteiger partial charge is 0.507 e. The van der Waals surface area contributed by atoms with E-state index in [-0.39, 0.29) is 0 Å². The Morgan fingerprint density at radius 1 is 0.708 bits per heavy atom. The Morgan fingerprint density at radius 2 is 1.29 bits per heavy atom. The van der Waals surface area contributed by atoms with Crippen molar-refractivity contribution in [3.05, 3.63) is 53.1 Å². The zero-order valence-corrected chi connectivity index (χ0v) is 16.2. The summed E-state index contributed by atoms with van der Waals surface area (Å²) in [5.74, 6) is 2.52. The van der Waals surface area contributed by atoms with Gasteiger partial charge in [0, 0.05) is 5.56 Å². The predicted molar refractivity (Wildman–Crippen MR) is 105 cm³/mol. The van der Waals surface area contributed by atoms with E-state index in [1.165, 1.54) is 16.7 Å². The van der Waals surface area contributed by atoms with Gasteiger partial charge in [-0.2, -0.15) is 0 Å². The van der Waals surface area contributed by atoms with E-state index in [1.807, 2.05) is 6.07 Å². The van der Waals surface area contributed by atoms with Crippen molar-refractivity contribution < 1.29 is 5.11 Å². The van der Waals surface area contributed by atoms with Crippen molar-refractivity contribution in [3.63, 3.8) is 0 Å². The second kappa shape index (κ2) is 7.42. The van der Waals surface area contributed by atoms with Gasteiger partial charge < -0.3 is 5.11 Å². The highest BCUT2D eigenvalue weighted by atomic mass is 16.3. The third-order valence-electron chi connectivity index (χ3n) is 5.48. The molecule has 0 aliphatic heterocycles. The van der Waals surface area contributed by atoms with Crippen molar-refractivity contribution in [1.82, 2.24) is 0 Å². The van der Waals surface area contributed by atoms with Crippen LogP contribution in [0, 0.1) is 18.8 Å². The number of rotatable bonds is 5. The van der Waals surface area contributed by atoms with Crippen LogP contribution in [0.1, 0.15) is 70.1 Å². The smallest absolute Gasteiger partial charge is 0.123 e. The van der Waals surface area contributed by atoms with Crippen LogP contribution in [-0.4, -0.2) is 5.11 Å². The van der Waals surface area contributed by atoms with Crippen molar-refractivity contribution in [2.24, 2.45) is 11.8 Å². The average molecular weight is 325 g/mol. The van der Waals surface area contributed by atoms with E-state index in [0.717, 1.165) is 11.1 Å². The molecule has 0 radical (unpaired) electrons. The molecule has 0 fully saturated rings. The molecule has 2 rings (SSSR count). The molecule has 2 aromatic rings. The molecule has 2 aromatic carbocycles. The monoisotopic (exact) mass is 324 g/mol. The first-order valence-corrected chi connectivity index (χ1v) is 9.15. The highest BCUT2D eigenvalue weighted by Gasteiger charge is 2.16. The highest BCUT2D eigenvalue weighted by molar-refractivity contribution is 5.72. The first-order chi connectivity index (χ1) is 11.2. The van der Waals surface area contributed by atoms with Crippen molar-refractivity contribution in [1.29, 1.82) is 0 Å². The summed E-state index contributed by atoms with van der Waals surface area (Å²) in [5.41, 5.74) is 5.95. The van der Waals surface area contributed by atoms with Crippen LogP contribution in [-0.2, 0) is 0 Å². The van der Waals surface area contributed by atoms with E-state index in [9.17, 15) is 5.11 Å². The van der Waals surface area contributed by atoms with Gasteiger partial charge in [-0.3, -0.25) is 0 Å². The first kappa shape index (κ1) is 18.6. The third kappa shape index (κ3) is 4.01. The van der Waals surface area contributed by atoms with Gasteiger partial charge in [-0.1, -0.05) is 71.4 Å². The Hall–Kier alpha value is -1.76. The molecule has 0 heterocycles. The molecule has 0 aliphatic rings. The summed E-state index contributed by atoms with van der Waals surface area (Å²) in [7, 11) is 0. The summed E-state index contributed by atoms with van der Waals surface area (Å²) in [6, 6.07) is 12.8. The van der Waals surface area contributed by atoms with Gasteiger partial charge in [0.2, 0.25) is 0 Å². The first-order valence-electron chi connectivity index (χ1n) is 9.15. The normalized spacial score (nSPS) is 14.2. The van der Waals surface area contributed by atoms with Gasteiger partial charge in [0.1, 0.15) is 5.75 Å². The average Bonchev–Trinajstić information content (AvgIpc) is 2.53. The molecule has 0 aliphatic carbocycles. The molecule has 1 N–H and O–H groups in total. The number of hydrogen-bond acceptors (Lipinski definition) is 1. The van der Waals surface area contributed by atoms with Gasteiger partial charge >= 0.3 is 0 Å². The molecule has 2 unspecified atom stereocenters. The fraction of sp³-hybridized carbons (Fsp3) is 0.478. The fourth-order valence-electron chi connectivity index (χ4n) is 3.07. The minimum Gasteiger partial charge on any atom is -0.507 e. The Kier molecular flexibility index (Phi) is 5.74.